The normalized spacial score (nSPS) is 10.2. The Bertz CT molecular complexity index is 641. The third kappa shape index (κ3) is 3.15. The van der Waals surface area contributed by atoms with Crippen LogP contribution in [0.2, 0.25) is 0 Å². The van der Waals surface area contributed by atoms with E-state index < -0.39 is 11.9 Å². The first kappa shape index (κ1) is 14.1. The maximum absolute atomic E-state index is 11.9. The van der Waals surface area contributed by atoms with Gasteiger partial charge in [0, 0.05) is 12.4 Å². The van der Waals surface area contributed by atoms with Crippen molar-refractivity contribution >= 4 is 29.5 Å². The van der Waals surface area contributed by atoms with Crippen LogP contribution in [0.4, 0.5) is 5.82 Å². The molecule has 0 fully saturated rings. The molecule has 0 aliphatic heterocycles. The molecule has 2 rings (SSSR count). The number of carbonyl (C=O) groups is 2. The van der Waals surface area contributed by atoms with Crippen molar-refractivity contribution < 1.29 is 19.1 Å². The van der Waals surface area contributed by atoms with Crippen LogP contribution in [-0.2, 0) is 5.75 Å². The Balaban J connectivity index is 2.17. The van der Waals surface area contributed by atoms with E-state index in [0.717, 1.165) is 0 Å². The van der Waals surface area contributed by atoms with Crippen molar-refractivity contribution in [1.29, 1.82) is 0 Å². The summed E-state index contributed by atoms with van der Waals surface area (Å²) in [7, 11) is 0. The topological polar surface area (TPSA) is 105 Å². The van der Waals surface area contributed by atoms with Gasteiger partial charge in [0.05, 0.1) is 5.75 Å². The molecule has 0 saturated heterocycles. The van der Waals surface area contributed by atoms with Gasteiger partial charge >= 0.3 is 5.97 Å². The number of anilines is 1. The zero-order chi connectivity index (χ0) is 14.5. The van der Waals surface area contributed by atoms with Crippen LogP contribution in [-0.4, -0.2) is 33.2 Å². The highest BCUT2D eigenvalue weighted by Crippen LogP contribution is 2.15. The molecule has 0 saturated carbocycles. The van der Waals surface area contributed by atoms with Crippen LogP contribution in [0.1, 0.15) is 26.8 Å². The van der Waals surface area contributed by atoms with Crippen LogP contribution in [0, 0.1) is 0 Å². The number of nitrogens with zero attached hydrogens (tertiary/aromatic N) is 2. The van der Waals surface area contributed by atoms with Crippen LogP contribution < -0.4 is 5.32 Å². The van der Waals surface area contributed by atoms with E-state index in [1.165, 1.54) is 18.5 Å². The molecule has 0 spiro atoms. The standard InChI is InChI=1S/C12H11N3O4S/c1-20-6-7-2-3-8(19-7)11(16)15-10-9(12(17)18)13-4-5-14-10/h2-5H,6H2,1H3,(H,17,18)(H,14,15,16). The molecule has 0 aromatic carbocycles. The number of furan rings is 1. The highest BCUT2D eigenvalue weighted by molar-refractivity contribution is 7.97. The fourth-order valence-electron chi connectivity index (χ4n) is 1.47. The number of rotatable bonds is 5. The van der Waals surface area contributed by atoms with E-state index in [2.05, 4.69) is 15.3 Å². The molecule has 1 amide bonds. The number of hydrogen-bond donors (Lipinski definition) is 2. The van der Waals surface area contributed by atoms with Gasteiger partial charge in [-0.2, -0.15) is 11.8 Å². The first-order valence-corrected chi connectivity index (χ1v) is 6.94. The van der Waals surface area contributed by atoms with Crippen molar-refractivity contribution in [2.24, 2.45) is 0 Å². The summed E-state index contributed by atoms with van der Waals surface area (Å²) in [6.45, 7) is 0. The number of thioether (sulfide) groups is 1. The van der Waals surface area contributed by atoms with Gasteiger partial charge in [0.25, 0.3) is 5.91 Å². The van der Waals surface area contributed by atoms with Crippen LogP contribution in [0.5, 0.6) is 0 Å². The third-order valence-corrected chi connectivity index (χ3v) is 2.88. The lowest BCUT2D eigenvalue weighted by Gasteiger charge is -2.04. The summed E-state index contributed by atoms with van der Waals surface area (Å²) < 4.78 is 5.33. The highest BCUT2D eigenvalue weighted by atomic mass is 32.2. The Morgan fingerprint density at radius 1 is 1.35 bits per heavy atom. The summed E-state index contributed by atoms with van der Waals surface area (Å²) in [4.78, 5) is 30.3. The quantitative estimate of drug-likeness (QED) is 0.867. The van der Waals surface area contributed by atoms with Crippen LogP contribution in [0.25, 0.3) is 0 Å². The smallest absolute Gasteiger partial charge is 0.358 e. The number of hydrogen-bond acceptors (Lipinski definition) is 6. The number of aromatic carboxylic acids is 1. The zero-order valence-corrected chi connectivity index (χ0v) is 11.3. The minimum atomic E-state index is -1.27. The molecule has 8 heteroatoms. The van der Waals surface area contributed by atoms with Crippen molar-refractivity contribution in [2.45, 2.75) is 5.75 Å². The molecule has 0 bridgehead atoms. The lowest BCUT2D eigenvalue weighted by molar-refractivity contribution is 0.0691. The van der Waals surface area contributed by atoms with E-state index in [0.29, 0.717) is 11.5 Å². The molecule has 7 nitrogen and oxygen atoms in total. The number of carboxylic acid groups (broad SMARTS) is 1. The fraction of sp³-hybridized carbons (Fsp3) is 0.167. The van der Waals surface area contributed by atoms with E-state index in [4.69, 9.17) is 9.52 Å². The van der Waals surface area contributed by atoms with Crippen molar-refractivity contribution in [2.75, 3.05) is 11.6 Å². The Labute approximate surface area is 118 Å². The maximum Gasteiger partial charge on any atom is 0.358 e. The lowest BCUT2D eigenvalue weighted by Crippen LogP contribution is -2.16. The Morgan fingerprint density at radius 2 is 2.10 bits per heavy atom. The monoisotopic (exact) mass is 293 g/mol. The fourth-order valence-corrected chi connectivity index (χ4v) is 1.91. The Hall–Kier alpha value is -2.35. The number of amides is 1. The second-order valence-corrected chi connectivity index (χ2v) is 4.58. The lowest BCUT2D eigenvalue weighted by atomic mass is 10.3. The molecule has 0 aliphatic carbocycles. The van der Waals surface area contributed by atoms with Crippen LogP contribution in [0.3, 0.4) is 0 Å². The summed E-state index contributed by atoms with van der Waals surface area (Å²) in [5, 5.41) is 11.3. The molecular weight excluding hydrogens is 282 g/mol. The number of carbonyl (C=O) groups excluding carboxylic acids is 1. The molecule has 0 atom stereocenters. The molecule has 104 valence electrons. The first-order chi connectivity index (χ1) is 9.61. The predicted molar refractivity (Wildman–Crippen MR) is 72.9 cm³/mol. The number of nitrogens with one attached hydrogen (secondary N) is 1. The predicted octanol–water partition coefficient (Wildman–Crippen LogP) is 1.88. The van der Waals surface area contributed by atoms with Crippen molar-refractivity contribution in [3.8, 4) is 0 Å². The van der Waals surface area contributed by atoms with Gasteiger partial charge < -0.3 is 14.8 Å². The van der Waals surface area contributed by atoms with Crippen LogP contribution in [0.15, 0.2) is 28.9 Å². The second kappa shape index (κ2) is 6.20. The average Bonchev–Trinajstić information content (AvgIpc) is 2.88. The van der Waals surface area contributed by atoms with Gasteiger partial charge in [0.15, 0.2) is 17.3 Å². The molecule has 2 N–H and O–H groups in total. The van der Waals surface area contributed by atoms with E-state index in [1.807, 2.05) is 6.26 Å². The molecule has 20 heavy (non-hydrogen) atoms. The highest BCUT2D eigenvalue weighted by Gasteiger charge is 2.17. The first-order valence-electron chi connectivity index (χ1n) is 5.55. The Morgan fingerprint density at radius 3 is 2.80 bits per heavy atom. The van der Waals surface area contributed by atoms with E-state index >= 15 is 0 Å². The molecule has 2 heterocycles. The van der Waals surface area contributed by atoms with Gasteiger partial charge in [-0.25, -0.2) is 14.8 Å². The zero-order valence-electron chi connectivity index (χ0n) is 10.5. The molecular formula is C12H11N3O4S. The minimum Gasteiger partial charge on any atom is -0.476 e. The largest absolute Gasteiger partial charge is 0.476 e. The summed E-state index contributed by atoms with van der Waals surface area (Å²) >= 11 is 1.56. The van der Waals surface area contributed by atoms with Gasteiger partial charge in [0.2, 0.25) is 0 Å². The minimum absolute atomic E-state index is 0.0936. The average molecular weight is 293 g/mol. The van der Waals surface area contributed by atoms with E-state index in [1.54, 1.807) is 17.8 Å². The number of aromatic nitrogens is 2. The summed E-state index contributed by atoms with van der Waals surface area (Å²) in [5.74, 6) is -0.543. The Kier molecular flexibility index (Phi) is 4.36. The van der Waals surface area contributed by atoms with Crippen molar-refractivity contribution in [1.82, 2.24) is 9.97 Å². The van der Waals surface area contributed by atoms with Gasteiger partial charge in [-0.3, -0.25) is 4.79 Å². The summed E-state index contributed by atoms with van der Waals surface area (Å²) in [6, 6.07) is 3.22. The van der Waals surface area contributed by atoms with Crippen molar-refractivity contribution in [3.63, 3.8) is 0 Å². The van der Waals surface area contributed by atoms with Gasteiger partial charge in [-0.05, 0) is 18.4 Å². The van der Waals surface area contributed by atoms with Gasteiger partial charge in [-0.1, -0.05) is 0 Å². The third-order valence-electron chi connectivity index (χ3n) is 2.30. The summed E-state index contributed by atoms with van der Waals surface area (Å²) in [6.07, 6.45) is 4.45. The molecule has 0 unspecified atom stereocenters. The van der Waals surface area contributed by atoms with Gasteiger partial charge in [0.1, 0.15) is 5.76 Å². The van der Waals surface area contributed by atoms with E-state index in [9.17, 15) is 9.59 Å². The SMILES string of the molecule is CSCc1ccc(C(=O)Nc2nccnc2C(=O)O)o1. The van der Waals surface area contributed by atoms with Crippen molar-refractivity contribution in [3.05, 3.63) is 41.7 Å². The van der Waals surface area contributed by atoms with E-state index in [-0.39, 0.29) is 17.3 Å². The summed E-state index contributed by atoms with van der Waals surface area (Å²) in [5.41, 5.74) is -0.322. The maximum atomic E-state index is 11.9. The number of carboxylic acids is 1. The van der Waals surface area contributed by atoms with Crippen LogP contribution >= 0.6 is 11.8 Å². The molecule has 2 aromatic heterocycles. The molecule has 2 aromatic rings. The molecule has 0 radical (unpaired) electrons. The molecule has 0 aliphatic rings. The second-order valence-electron chi connectivity index (χ2n) is 3.71. The van der Waals surface area contributed by atoms with Gasteiger partial charge in [-0.15, -0.1) is 0 Å².